The van der Waals surface area contributed by atoms with Crippen LogP contribution < -0.4 is 10.6 Å². The number of carbonyl (C=O) groups is 2. The van der Waals surface area contributed by atoms with Gasteiger partial charge in [0, 0.05) is 28.6 Å². The number of nitro groups is 1. The Morgan fingerprint density at radius 3 is 2.62 bits per heavy atom. The average molecular weight is 413 g/mol. The van der Waals surface area contributed by atoms with Gasteiger partial charge < -0.3 is 10.6 Å². The molecule has 1 aliphatic rings. The highest BCUT2D eigenvalue weighted by Crippen LogP contribution is 2.32. The van der Waals surface area contributed by atoms with E-state index in [2.05, 4.69) is 10.6 Å². The van der Waals surface area contributed by atoms with Crippen molar-refractivity contribution in [2.24, 2.45) is 5.92 Å². The summed E-state index contributed by atoms with van der Waals surface area (Å²) in [7, 11) is 0. The molecule has 7 nitrogen and oxygen atoms in total. The van der Waals surface area contributed by atoms with E-state index in [-0.39, 0.29) is 28.7 Å². The minimum atomic E-state index is -0.484. The highest BCUT2D eigenvalue weighted by molar-refractivity contribution is 8.00. The highest BCUT2D eigenvalue weighted by Gasteiger charge is 2.29. The number of rotatable bonds is 8. The molecule has 1 fully saturated rings. The van der Waals surface area contributed by atoms with Gasteiger partial charge in [-0.25, -0.2) is 0 Å². The zero-order valence-corrected chi connectivity index (χ0v) is 17.1. The fourth-order valence-corrected chi connectivity index (χ4v) is 3.81. The van der Waals surface area contributed by atoms with Gasteiger partial charge in [-0.15, -0.1) is 11.8 Å². The van der Waals surface area contributed by atoms with E-state index in [0.717, 1.165) is 29.0 Å². The van der Waals surface area contributed by atoms with Crippen molar-refractivity contribution in [3.63, 3.8) is 0 Å². The van der Waals surface area contributed by atoms with Crippen LogP contribution in [-0.2, 0) is 9.59 Å². The molecule has 1 unspecified atom stereocenters. The third kappa shape index (κ3) is 5.57. The number of aryl methyl sites for hydroxylation is 1. The Hall–Kier alpha value is -2.87. The van der Waals surface area contributed by atoms with Crippen molar-refractivity contribution in [3.8, 4) is 0 Å². The van der Waals surface area contributed by atoms with E-state index in [1.54, 1.807) is 13.0 Å². The van der Waals surface area contributed by atoms with Crippen LogP contribution in [0.3, 0.4) is 0 Å². The molecule has 0 spiro atoms. The lowest BCUT2D eigenvalue weighted by molar-refractivity contribution is -0.384. The lowest BCUT2D eigenvalue weighted by atomic mass is 10.1. The SMILES string of the molecule is CCC(Sc1cccc(NC(=O)C2CC2)c1)C(=O)Nc1cc([N+](=O)[O-])ccc1C. The van der Waals surface area contributed by atoms with E-state index in [9.17, 15) is 19.7 Å². The van der Waals surface area contributed by atoms with Gasteiger partial charge >= 0.3 is 0 Å². The molecule has 1 atom stereocenters. The Labute approximate surface area is 173 Å². The Kier molecular flexibility index (Phi) is 6.53. The molecule has 0 heterocycles. The predicted molar refractivity (Wildman–Crippen MR) is 114 cm³/mol. The minimum absolute atomic E-state index is 0.0399. The molecule has 2 N–H and O–H groups in total. The lowest BCUT2D eigenvalue weighted by Crippen LogP contribution is -2.25. The molecular formula is C21H23N3O4S. The van der Waals surface area contributed by atoms with Gasteiger partial charge in [0.05, 0.1) is 15.9 Å². The number of carbonyl (C=O) groups excluding carboxylic acids is 2. The molecule has 2 aromatic rings. The summed E-state index contributed by atoms with van der Waals surface area (Å²) in [5.41, 5.74) is 1.85. The number of amides is 2. The molecule has 152 valence electrons. The van der Waals surface area contributed by atoms with Crippen molar-refractivity contribution in [3.05, 3.63) is 58.1 Å². The van der Waals surface area contributed by atoms with Crippen molar-refractivity contribution in [1.82, 2.24) is 0 Å². The first-order valence-electron chi connectivity index (χ1n) is 9.51. The first-order valence-corrected chi connectivity index (χ1v) is 10.4. The van der Waals surface area contributed by atoms with E-state index in [0.29, 0.717) is 12.1 Å². The number of non-ortho nitro benzene ring substituents is 1. The fourth-order valence-electron chi connectivity index (χ4n) is 2.79. The molecule has 8 heteroatoms. The summed E-state index contributed by atoms with van der Waals surface area (Å²) in [6.45, 7) is 3.70. The number of nitrogens with zero attached hydrogens (tertiary/aromatic N) is 1. The van der Waals surface area contributed by atoms with Gasteiger partial charge in [0.15, 0.2) is 0 Å². The van der Waals surface area contributed by atoms with Crippen LogP contribution in [0.2, 0.25) is 0 Å². The van der Waals surface area contributed by atoms with Crippen molar-refractivity contribution < 1.29 is 14.5 Å². The molecule has 0 aromatic heterocycles. The second-order valence-electron chi connectivity index (χ2n) is 7.05. The van der Waals surface area contributed by atoms with E-state index >= 15 is 0 Å². The maximum absolute atomic E-state index is 12.8. The maximum atomic E-state index is 12.8. The monoisotopic (exact) mass is 413 g/mol. The Morgan fingerprint density at radius 2 is 1.97 bits per heavy atom. The van der Waals surface area contributed by atoms with Gasteiger partial charge in [0.25, 0.3) is 5.69 Å². The molecule has 1 saturated carbocycles. The van der Waals surface area contributed by atoms with E-state index < -0.39 is 4.92 Å². The zero-order valence-electron chi connectivity index (χ0n) is 16.3. The molecule has 29 heavy (non-hydrogen) atoms. The standard InChI is InChI=1S/C21H23N3O4S/c1-3-19(21(26)23-18-12-16(24(27)28)10-7-13(18)2)29-17-6-4-5-15(11-17)22-20(25)14-8-9-14/h4-7,10-12,14,19H,3,8-9H2,1-2H3,(H,22,25)(H,23,26). The lowest BCUT2D eigenvalue weighted by Gasteiger charge is -2.16. The Balaban J connectivity index is 1.68. The molecule has 1 aliphatic carbocycles. The average Bonchev–Trinajstić information content (AvgIpc) is 3.53. The van der Waals surface area contributed by atoms with Crippen LogP contribution in [0.1, 0.15) is 31.7 Å². The van der Waals surface area contributed by atoms with Gasteiger partial charge in [-0.05, 0) is 49.9 Å². The van der Waals surface area contributed by atoms with Gasteiger partial charge in [-0.2, -0.15) is 0 Å². The number of nitrogens with one attached hydrogen (secondary N) is 2. The fraction of sp³-hybridized carbons (Fsp3) is 0.333. The van der Waals surface area contributed by atoms with Gasteiger partial charge in [-0.1, -0.05) is 19.1 Å². The first kappa shape index (κ1) is 20.9. The summed E-state index contributed by atoms with van der Waals surface area (Å²) in [6, 6.07) is 11.8. The van der Waals surface area contributed by atoms with Crippen molar-refractivity contribution in [1.29, 1.82) is 0 Å². The molecule has 0 radical (unpaired) electrons. The van der Waals surface area contributed by atoms with Gasteiger partial charge in [-0.3, -0.25) is 19.7 Å². The minimum Gasteiger partial charge on any atom is -0.326 e. The molecule has 3 rings (SSSR count). The number of thioether (sulfide) groups is 1. The molecule has 0 aliphatic heterocycles. The van der Waals surface area contributed by atoms with E-state index in [1.807, 2.05) is 31.2 Å². The van der Waals surface area contributed by atoms with Crippen molar-refractivity contribution in [2.45, 2.75) is 43.3 Å². The maximum Gasteiger partial charge on any atom is 0.271 e. The van der Waals surface area contributed by atoms with Crippen LogP contribution in [0, 0.1) is 23.0 Å². The van der Waals surface area contributed by atoms with Crippen LogP contribution in [-0.4, -0.2) is 22.0 Å². The summed E-state index contributed by atoms with van der Waals surface area (Å²) >= 11 is 1.40. The molecule has 2 amide bonds. The molecule has 0 bridgehead atoms. The number of anilines is 2. The number of hydrogen-bond donors (Lipinski definition) is 2. The molecule has 2 aromatic carbocycles. The second-order valence-corrected chi connectivity index (χ2v) is 8.33. The number of hydrogen-bond acceptors (Lipinski definition) is 5. The first-order chi connectivity index (χ1) is 13.9. The third-order valence-electron chi connectivity index (χ3n) is 4.68. The summed E-state index contributed by atoms with van der Waals surface area (Å²) in [4.78, 5) is 36.1. The van der Waals surface area contributed by atoms with Crippen LogP contribution >= 0.6 is 11.8 Å². The Bertz CT molecular complexity index is 943. The zero-order chi connectivity index (χ0) is 21.0. The van der Waals surface area contributed by atoms with Crippen molar-refractivity contribution in [2.75, 3.05) is 10.6 Å². The second kappa shape index (κ2) is 9.09. The number of nitro benzene ring substituents is 1. The van der Waals surface area contributed by atoms with Gasteiger partial charge in [0.1, 0.15) is 0 Å². The smallest absolute Gasteiger partial charge is 0.271 e. The summed E-state index contributed by atoms with van der Waals surface area (Å²) in [6.07, 6.45) is 2.47. The summed E-state index contributed by atoms with van der Waals surface area (Å²) in [5.74, 6) is -0.0507. The van der Waals surface area contributed by atoms with E-state index in [1.165, 1.54) is 23.9 Å². The molecule has 0 saturated heterocycles. The Morgan fingerprint density at radius 1 is 1.21 bits per heavy atom. The topological polar surface area (TPSA) is 101 Å². The summed E-state index contributed by atoms with van der Waals surface area (Å²) < 4.78 is 0. The van der Waals surface area contributed by atoms with Crippen LogP contribution in [0.5, 0.6) is 0 Å². The van der Waals surface area contributed by atoms with E-state index in [4.69, 9.17) is 0 Å². The third-order valence-corrected chi connectivity index (χ3v) is 6.04. The van der Waals surface area contributed by atoms with Crippen LogP contribution in [0.4, 0.5) is 17.1 Å². The summed E-state index contributed by atoms with van der Waals surface area (Å²) in [5, 5.41) is 16.3. The predicted octanol–water partition coefficient (Wildman–Crippen LogP) is 4.76. The van der Waals surface area contributed by atoms with Crippen molar-refractivity contribution >= 4 is 40.6 Å². The quantitative estimate of drug-likeness (QED) is 0.369. The van der Waals surface area contributed by atoms with Crippen LogP contribution in [0.25, 0.3) is 0 Å². The largest absolute Gasteiger partial charge is 0.326 e. The van der Waals surface area contributed by atoms with Crippen LogP contribution in [0.15, 0.2) is 47.4 Å². The molecular weight excluding hydrogens is 390 g/mol. The number of benzene rings is 2. The van der Waals surface area contributed by atoms with Gasteiger partial charge in [0.2, 0.25) is 11.8 Å². The normalized spacial score (nSPS) is 14.1. The highest BCUT2D eigenvalue weighted by atomic mass is 32.2.